The zero-order chi connectivity index (χ0) is 14.3. The maximum Gasteiger partial charge on any atom is 0.175 e. The number of benzene rings is 1. The van der Waals surface area contributed by atoms with Crippen LogP contribution in [0.25, 0.3) is 0 Å². The number of rotatable bonds is 8. The maximum absolute atomic E-state index is 11.9. The number of hydrogen-bond donors (Lipinski definition) is 0. The Labute approximate surface area is 117 Å². The molecule has 0 radical (unpaired) electrons. The first-order valence-electron chi connectivity index (χ1n) is 6.64. The second kappa shape index (κ2) is 8.10. The number of hydrogen-bond acceptors (Lipinski definition) is 3. The lowest BCUT2D eigenvalue weighted by Gasteiger charge is -2.06. The Balaban J connectivity index is 2.51. The third kappa shape index (κ3) is 6.01. The fourth-order valence-electron chi connectivity index (χ4n) is 1.57. The Bertz CT molecular complexity index is 424. The molecule has 106 valence electrons. The van der Waals surface area contributed by atoms with Gasteiger partial charge in [0.05, 0.1) is 12.4 Å². The number of Topliss-reactive ketones (excluding diaryl/α,β-unsaturated/α-hetero) is 1. The van der Waals surface area contributed by atoms with E-state index in [0.29, 0.717) is 23.8 Å². The smallest absolute Gasteiger partial charge is 0.175 e. The van der Waals surface area contributed by atoms with E-state index in [1.165, 1.54) is 0 Å². The lowest BCUT2D eigenvalue weighted by Crippen LogP contribution is -2.14. The van der Waals surface area contributed by atoms with Crippen LogP contribution in [0.15, 0.2) is 24.3 Å². The van der Waals surface area contributed by atoms with Crippen molar-refractivity contribution in [1.82, 2.24) is 0 Å². The normalized spacial score (nSPS) is 12.4. The Morgan fingerprint density at radius 2 is 1.89 bits per heavy atom. The summed E-state index contributed by atoms with van der Waals surface area (Å²) in [6, 6.07) is 7.00. The summed E-state index contributed by atoms with van der Waals surface area (Å²) < 4.78 is 17.1. The Morgan fingerprint density at radius 1 is 1.26 bits per heavy atom. The van der Waals surface area contributed by atoms with Crippen molar-refractivity contribution in [2.75, 3.05) is 18.1 Å². The first-order valence-corrected chi connectivity index (χ1v) is 8.12. The SMILES string of the molecule is CCOc1ccc(C(=O)CS(=O)CCC(C)C)cc1. The topological polar surface area (TPSA) is 43.4 Å². The summed E-state index contributed by atoms with van der Waals surface area (Å²) in [5.74, 6) is 1.91. The number of carbonyl (C=O) groups is 1. The maximum atomic E-state index is 11.9. The fraction of sp³-hybridized carbons (Fsp3) is 0.533. The summed E-state index contributed by atoms with van der Waals surface area (Å²) in [5.41, 5.74) is 0.598. The Hall–Kier alpha value is -1.16. The molecular formula is C15H22O3S. The minimum Gasteiger partial charge on any atom is -0.494 e. The van der Waals surface area contributed by atoms with Gasteiger partial charge in [-0.25, -0.2) is 0 Å². The predicted octanol–water partition coefficient (Wildman–Crippen LogP) is 3.06. The molecule has 1 unspecified atom stereocenters. The van der Waals surface area contributed by atoms with Gasteiger partial charge < -0.3 is 4.74 Å². The highest BCUT2D eigenvalue weighted by molar-refractivity contribution is 7.85. The summed E-state index contributed by atoms with van der Waals surface area (Å²) >= 11 is 0. The molecule has 0 saturated carbocycles. The Kier molecular flexibility index (Phi) is 6.78. The summed E-state index contributed by atoms with van der Waals surface area (Å²) in [7, 11) is -1.06. The van der Waals surface area contributed by atoms with Gasteiger partial charge in [-0.15, -0.1) is 0 Å². The van der Waals surface area contributed by atoms with Crippen LogP contribution in [0.3, 0.4) is 0 Å². The average Bonchev–Trinajstić information content (AvgIpc) is 2.37. The fourth-order valence-corrected chi connectivity index (χ4v) is 2.91. The van der Waals surface area contributed by atoms with E-state index in [4.69, 9.17) is 4.74 Å². The van der Waals surface area contributed by atoms with E-state index in [1.807, 2.05) is 6.92 Å². The molecular weight excluding hydrogens is 260 g/mol. The van der Waals surface area contributed by atoms with Gasteiger partial charge in [0.15, 0.2) is 5.78 Å². The zero-order valence-electron chi connectivity index (χ0n) is 11.8. The molecule has 0 bridgehead atoms. The minimum absolute atomic E-state index is 0.0647. The van der Waals surface area contributed by atoms with Crippen LogP contribution in [0.5, 0.6) is 5.75 Å². The lowest BCUT2D eigenvalue weighted by molar-refractivity contribution is 0.102. The van der Waals surface area contributed by atoms with Gasteiger partial charge >= 0.3 is 0 Å². The summed E-state index contributed by atoms with van der Waals surface area (Å²) in [6.45, 7) is 6.69. The molecule has 0 aliphatic rings. The van der Waals surface area contributed by atoms with Crippen molar-refractivity contribution in [3.05, 3.63) is 29.8 Å². The molecule has 0 saturated heterocycles. The second-order valence-corrected chi connectivity index (χ2v) is 6.43. The molecule has 0 amide bonds. The molecule has 0 heterocycles. The lowest BCUT2D eigenvalue weighted by atomic mass is 10.1. The molecule has 1 rings (SSSR count). The van der Waals surface area contributed by atoms with Crippen molar-refractivity contribution in [3.63, 3.8) is 0 Å². The van der Waals surface area contributed by atoms with Gasteiger partial charge in [-0.2, -0.15) is 0 Å². The van der Waals surface area contributed by atoms with Crippen LogP contribution < -0.4 is 4.74 Å². The minimum atomic E-state index is -1.06. The highest BCUT2D eigenvalue weighted by atomic mass is 32.2. The summed E-state index contributed by atoms with van der Waals surface area (Å²) in [5, 5.41) is 0. The first-order chi connectivity index (χ1) is 9.02. The van der Waals surface area contributed by atoms with E-state index in [0.717, 1.165) is 12.2 Å². The van der Waals surface area contributed by atoms with Gasteiger partial charge in [-0.1, -0.05) is 13.8 Å². The van der Waals surface area contributed by atoms with Crippen molar-refractivity contribution in [1.29, 1.82) is 0 Å². The van der Waals surface area contributed by atoms with Crippen molar-refractivity contribution >= 4 is 16.6 Å². The number of ketones is 1. The van der Waals surface area contributed by atoms with Gasteiger partial charge in [0, 0.05) is 22.1 Å². The van der Waals surface area contributed by atoms with E-state index in [9.17, 15) is 9.00 Å². The van der Waals surface area contributed by atoms with Crippen LogP contribution in [-0.2, 0) is 10.8 Å². The molecule has 0 N–H and O–H groups in total. The van der Waals surface area contributed by atoms with Crippen LogP contribution in [-0.4, -0.2) is 28.1 Å². The van der Waals surface area contributed by atoms with Crippen LogP contribution in [0.2, 0.25) is 0 Å². The van der Waals surface area contributed by atoms with Gasteiger partial charge in [-0.3, -0.25) is 9.00 Å². The molecule has 19 heavy (non-hydrogen) atoms. The standard InChI is InChI=1S/C15H22O3S/c1-4-18-14-7-5-13(6-8-14)15(16)11-19(17)10-9-12(2)3/h5-8,12H,4,9-11H2,1-3H3. The molecule has 0 fully saturated rings. The van der Waals surface area contributed by atoms with Crippen LogP contribution >= 0.6 is 0 Å². The van der Waals surface area contributed by atoms with E-state index < -0.39 is 10.8 Å². The number of ether oxygens (including phenoxy) is 1. The van der Waals surface area contributed by atoms with E-state index in [1.54, 1.807) is 24.3 Å². The highest BCUT2D eigenvalue weighted by Crippen LogP contribution is 2.13. The molecule has 3 nitrogen and oxygen atoms in total. The van der Waals surface area contributed by atoms with Gasteiger partial charge in [0.2, 0.25) is 0 Å². The largest absolute Gasteiger partial charge is 0.494 e. The van der Waals surface area contributed by atoms with Crippen molar-refractivity contribution in [3.8, 4) is 5.75 Å². The van der Waals surface area contributed by atoms with E-state index >= 15 is 0 Å². The Morgan fingerprint density at radius 3 is 2.42 bits per heavy atom. The van der Waals surface area contributed by atoms with Gasteiger partial charge in [0.25, 0.3) is 0 Å². The predicted molar refractivity (Wildman–Crippen MR) is 79.3 cm³/mol. The molecule has 4 heteroatoms. The van der Waals surface area contributed by atoms with E-state index in [2.05, 4.69) is 13.8 Å². The van der Waals surface area contributed by atoms with Gasteiger partial charge in [0.1, 0.15) is 5.75 Å². The third-order valence-electron chi connectivity index (χ3n) is 2.70. The molecule has 0 aromatic heterocycles. The van der Waals surface area contributed by atoms with Gasteiger partial charge in [-0.05, 0) is 43.5 Å². The molecule has 0 aliphatic carbocycles. The van der Waals surface area contributed by atoms with Crippen LogP contribution in [0.1, 0.15) is 37.6 Å². The van der Waals surface area contributed by atoms with Crippen LogP contribution in [0, 0.1) is 5.92 Å². The summed E-state index contributed by atoms with van der Waals surface area (Å²) in [4.78, 5) is 11.9. The van der Waals surface area contributed by atoms with Crippen molar-refractivity contribution < 1.29 is 13.7 Å². The zero-order valence-corrected chi connectivity index (χ0v) is 12.7. The molecule has 0 spiro atoms. The quantitative estimate of drug-likeness (QED) is 0.688. The molecule has 1 atom stereocenters. The van der Waals surface area contributed by atoms with Crippen molar-refractivity contribution in [2.24, 2.45) is 5.92 Å². The summed E-state index contributed by atoms with van der Waals surface area (Å²) in [6.07, 6.45) is 0.892. The van der Waals surface area contributed by atoms with Crippen LogP contribution in [0.4, 0.5) is 0 Å². The van der Waals surface area contributed by atoms with Crippen molar-refractivity contribution in [2.45, 2.75) is 27.2 Å². The first kappa shape index (κ1) is 15.9. The van der Waals surface area contributed by atoms with E-state index in [-0.39, 0.29) is 11.5 Å². The highest BCUT2D eigenvalue weighted by Gasteiger charge is 2.11. The molecule has 1 aromatic rings. The average molecular weight is 282 g/mol. The molecule has 0 aliphatic heterocycles. The second-order valence-electron chi connectivity index (χ2n) is 4.85. The molecule has 1 aromatic carbocycles. The monoisotopic (exact) mass is 282 g/mol. The third-order valence-corrected chi connectivity index (χ3v) is 3.98. The number of carbonyl (C=O) groups excluding carboxylic acids is 1.